The molecule has 0 bridgehead atoms. The van der Waals surface area contributed by atoms with Gasteiger partial charge in [-0.1, -0.05) is 33.6 Å². The maximum absolute atomic E-state index is 13.0. The quantitative estimate of drug-likeness (QED) is 0.716. The van der Waals surface area contributed by atoms with Crippen molar-refractivity contribution in [3.63, 3.8) is 0 Å². The summed E-state index contributed by atoms with van der Waals surface area (Å²) in [5.74, 6) is 1.53. The van der Waals surface area contributed by atoms with Crippen molar-refractivity contribution < 1.29 is 4.79 Å². The molecule has 19 heavy (non-hydrogen) atoms. The van der Waals surface area contributed by atoms with Crippen molar-refractivity contribution in [2.24, 2.45) is 17.3 Å². The van der Waals surface area contributed by atoms with Gasteiger partial charge in [-0.2, -0.15) is 0 Å². The number of hydrogen-bond donors (Lipinski definition) is 0. The van der Waals surface area contributed by atoms with Crippen molar-refractivity contribution in [3.05, 3.63) is 0 Å². The highest BCUT2D eigenvalue weighted by atomic mass is 35.5. The van der Waals surface area contributed by atoms with Gasteiger partial charge in [-0.05, 0) is 37.5 Å². The first-order valence-electron chi connectivity index (χ1n) is 7.88. The number of piperidine rings is 1. The van der Waals surface area contributed by atoms with Crippen molar-refractivity contribution in [1.82, 2.24) is 4.90 Å². The van der Waals surface area contributed by atoms with Gasteiger partial charge in [-0.3, -0.25) is 4.79 Å². The van der Waals surface area contributed by atoms with Crippen LogP contribution in [0, 0.1) is 17.3 Å². The van der Waals surface area contributed by atoms with Crippen LogP contribution in [0.1, 0.15) is 59.3 Å². The summed E-state index contributed by atoms with van der Waals surface area (Å²) in [7, 11) is 0. The third-order valence-electron chi connectivity index (χ3n) is 4.97. The Kier molecular flexibility index (Phi) is 4.81. The minimum atomic E-state index is -0.0641. The number of carbonyl (C=O) groups is 1. The Balaban J connectivity index is 2.07. The van der Waals surface area contributed by atoms with Crippen LogP contribution < -0.4 is 0 Å². The van der Waals surface area contributed by atoms with Crippen molar-refractivity contribution >= 4 is 17.5 Å². The van der Waals surface area contributed by atoms with Gasteiger partial charge >= 0.3 is 0 Å². The van der Waals surface area contributed by atoms with E-state index in [1.54, 1.807) is 0 Å². The standard InChI is InChI=1S/C16H28ClNO/c1-12(2)10-16(7-4-5-8-16)15(19)18-9-6-13(3)14(17)11-18/h12-14H,4-11H2,1-3H3. The van der Waals surface area contributed by atoms with Crippen molar-refractivity contribution in [1.29, 1.82) is 0 Å². The predicted octanol–water partition coefficient (Wildman–Crippen LogP) is 4.07. The lowest BCUT2D eigenvalue weighted by atomic mass is 9.77. The molecule has 2 nitrogen and oxygen atoms in total. The van der Waals surface area contributed by atoms with E-state index in [0.29, 0.717) is 17.7 Å². The summed E-state index contributed by atoms with van der Waals surface area (Å²) in [5.41, 5.74) is -0.0641. The zero-order valence-corrected chi connectivity index (χ0v) is 13.4. The molecule has 1 heterocycles. The molecular weight excluding hydrogens is 258 g/mol. The normalized spacial score (nSPS) is 30.9. The number of carbonyl (C=O) groups excluding carboxylic acids is 1. The van der Waals surface area contributed by atoms with Gasteiger partial charge in [0.2, 0.25) is 5.91 Å². The number of nitrogens with zero attached hydrogens (tertiary/aromatic N) is 1. The molecule has 2 fully saturated rings. The lowest BCUT2D eigenvalue weighted by Crippen LogP contribution is -2.50. The van der Waals surface area contributed by atoms with Crippen LogP contribution >= 0.6 is 11.6 Å². The monoisotopic (exact) mass is 285 g/mol. The fourth-order valence-electron chi connectivity index (χ4n) is 3.88. The molecule has 2 unspecified atom stereocenters. The molecule has 1 saturated heterocycles. The summed E-state index contributed by atoms with van der Waals surface area (Å²) >= 11 is 6.37. The topological polar surface area (TPSA) is 20.3 Å². The molecule has 0 aromatic heterocycles. The van der Waals surface area contributed by atoms with E-state index < -0.39 is 0 Å². The Morgan fingerprint density at radius 3 is 2.53 bits per heavy atom. The minimum Gasteiger partial charge on any atom is -0.341 e. The molecule has 0 N–H and O–H groups in total. The van der Waals surface area contributed by atoms with Crippen LogP contribution in [-0.4, -0.2) is 29.3 Å². The van der Waals surface area contributed by atoms with E-state index in [4.69, 9.17) is 11.6 Å². The molecule has 3 heteroatoms. The Morgan fingerprint density at radius 2 is 2.00 bits per heavy atom. The number of amides is 1. The SMILES string of the molecule is CC(C)CC1(C(=O)N2CCC(C)C(Cl)C2)CCCC1. The molecule has 2 rings (SSSR count). The second kappa shape index (κ2) is 6.03. The molecule has 0 radical (unpaired) electrons. The molecule has 0 aromatic carbocycles. The molecule has 110 valence electrons. The smallest absolute Gasteiger partial charge is 0.228 e. The van der Waals surface area contributed by atoms with Crippen LogP contribution in [0.3, 0.4) is 0 Å². The zero-order valence-electron chi connectivity index (χ0n) is 12.6. The molecule has 1 aliphatic heterocycles. The van der Waals surface area contributed by atoms with Crippen LogP contribution in [0.15, 0.2) is 0 Å². The number of rotatable bonds is 3. The van der Waals surface area contributed by atoms with E-state index in [-0.39, 0.29) is 10.8 Å². The van der Waals surface area contributed by atoms with Gasteiger partial charge in [0, 0.05) is 18.5 Å². The van der Waals surface area contributed by atoms with Crippen LogP contribution in [0.4, 0.5) is 0 Å². The van der Waals surface area contributed by atoms with Gasteiger partial charge in [0.1, 0.15) is 0 Å². The van der Waals surface area contributed by atoms with Crippen molar-refractivity contribution in [2.75, 3.05) is 13.1 Å². The first-order chi connectivity index (χ1) is 8.94. The van der Waals surface area contributed by atoms with Gasteiger partial charge in [0.25, 0.3) is 0 Å². The Morgan fingerprint density at radius 1 is 1.37 bits per heavy atom. The van der Waals surface area contributed by atoms with E-state index >= 15 is 0 Å². The van der Waals surface area contributed by atoms with Crippen LogP contribution in [0.2, 0.25) is 0 Å². The Hall–Kier alpha value is -0.240. The van der Waals surface area contributed by atoms with Gasteiger partial charge in [0.15, 0.2) is 0 Å². The predicted molar refractivity (Wildman–Crippen MR) is 80.4 cm³/mol. The Bertz CT molecular complexity index is 323. The average molecular weight is 286 g/mol. The highest BCUT2D eigenvalue weighted by Gasteiger charge is 2.44. The molecule has 1 aliphatic carbocycles. The highest BCUT2D eigenvalue weighted by Crippen LogP contribution is 2.45. The van der Waals surface area contributed by atoms with Gasteiger partial charge in [-0.25, -0.2) is 0 Å². The van der Waals surface area contributed by atoms with E-state index in [0.717, 1.165) is 38.8 Å². The number of halogens is 1. The Labute approximate surface area is 122 Å². The van der Waals surface area contributed by atoms with Crippen LogP contribution in [0.5, 0.6) is 0 Å². The van der Waals surface area contributed by atoms with Gasteiger partial charge < -0.3 is 4.90 Å². The summed E-state index contributed by atoms with van der Waals surface area (Å²) < 4.78 is 0. The maximum atomic E-state index is 13.0. The van der Waals surface area contributed by atoms with Gasteiger partial charge in [-0.15, -0.1) is 11.6 Å². The highest BCUT2D eigenvalue weighted by molar-refractivity contribution is 6.21. The summed E-state index contributed by atoms with van der Waals surface area (Å²) in [6, 6.07) is 0. The molecule has 1 amide bonds. The summed E-state index contributed by atoms with van der Waals surface area (Å²) in [5, 5.41) is 0.134. The number of hydrogen-bond acceptors (Lipinski definition) is 1. The second-order valence-electron chi connectivity index (χ2n) is 7.12. The summed E-state index contributed by atoms with van der Waals surface area (Å²) in [6.07, 6.45) is 6.70. The van der Waals surface area contributed by atoms with Crippen LogP contribution in [0.25, 0.3) is 0 Å². The van der Waals surface area contributed by atoms with E-state index in [1.165, 1.54) is 12.8 Å². The van der Waals surface area contributed by atoms with Crippen molar-refractivity contribution in [2.45, 2.75) is 64.7 Å². The third-order valence-corrected chi connectivity index (χ3v) is 5.54. The van der Waals surface area contributed by atoms with E-state index in [1.807, 2.05) is 0 Å². The molecule has 0 spiro atoms. The first kappa shape index (κ1) is 15.2. The van der Waals surface area contributed by atoms with Gasteiger partial charge in [0.05, 0.1) is 5.38 Å². The van der Waals surface area contributed by atoms with E-state index in [9.17, 15) is 4.79 Å². The molecule has 2 atom stereocenters. The molecule has 1 saturated carbocycles. The average Bonchev–Trinajstić information content (AvgIpc) is 2.80. The van der Waals surface area contributed by atoms with Crippen molar-refractivity contribution in [3.8, 4) is 0 Å². The third kappa shape index (κ3) is 3.26. The molecule has 2 aliphatic rings. The lowest BCUT2D eigenvalue weighted by Gasteiger charge is -2.40. The molecular formula is C16H28ClNO. The largest absolute Gasteiger partial charge is 0.341 e. The summed E-state index contributed by atoms with van der Waals surface area (Å²) in [6.45, 7) is 8.31. The lowest BCUT2D eigenvalue weighted by molar-refractivity contribution is -0.144. The second-order valence-corrected chi connectivity index (χ2v) is 7.68. The zero-order chi connectivity index (χ0) is 14.0. The number of likely N-dealkylation sites (tertiary alicyclic amines) is 1. The fraction of sp³-hybridized carbons (Fsp3) is 0.938. The first-order valence-corrected chi connectivity index (χ1v) is 8.32. The maximum Gasteiger partial charge on any atom is 0.228 e. The van der Waals surface area contributed by atoms with Crippen LogP contribution in [-0.2, 0) is 4.79 Å². The van der Waals surface area contributed by atoms with E-state index in [2.05, 4.69) is 25.7 Å². The number of alkyl halides is 1. The minimum absolute atomic E-state index is 0.0641. The molecule has 0 aromatic rings. The summed E-state index contributed by atoms with van der Waals surface area (Å²) in [4.78, 5) is 15.0. The fourth-order valence-corrected chi connectivity index (χ4v) is 4.17.